The van der Waals surface area contributed by atoms with Gasteiger partial charge in [0, 0.05) is 38.8 Å². The number of guanidine groups is 1. The van der Waals surface area contributed by atoms with Gasteiger partial charge in [0.15, 0.2) is 5.96 Å². The van der Waals surface area contributed by atoms with Crippen molar-refractivity contribution < 1.29 is 0 Å². The molecular weight excluding hydrogens is 399 g/mol. The number of nitrogens with zero attached hydrogens (tertiary/aromatic N) is 2. The molecule has 0 spiro atoms. The van der Waals surface area contributed by atoms with Crippen LogP contribution in [0, 0.1) is 0 Å². The van der Waals surface area contributed by atoms with Crippen molar-refractivity contribution in [3.63, 3.8) is 0 Å². The first-order valence-electron chi connectivity index (χ1n) is 8.33. The van der Waals surface area contributed by atoms with Crippen LogP contribution < -0.4 is 10.6 Å². The van der Waals surface area contributed by atoms with Crippen molar-refractivity contribution in [2.45, 2.75) is 45.7 Å². The molecule has 0 aromatic heterocycles. The minimum Gasteiger partial charge on any atom is -0.356 e. The van der Waals surface area contributed by atoms with Crippen molar-refractivity contribution in [1.29, 1.82) is 0 Å². The van der Waals surface area contributed by atoms with E-state index in [0.717, 1.165) is 45.0 Å². The van der Waals surface area contributed by atoms with Crippen LogP contribution in [0.25, 0.3) is 0 Å². The molecule has 0 saturated heterocycles. The van der Waals surface area contributed by atoms with Gasteiger partial charge in [0.1, 0.15) is 0 Å². The van der Waals surface area contributed by atoms with E-state index in [9.17, 15) is 0 Å². The fourth-order valence-corrected chi connectivity index (χ4v) is 2.89. The topological polar surface area (TPSA) is 39.7 Å². The van der Waals surface area contributed by atoms with Crippen molar-refractivity contribution in [2.24, 2.45) is 4.99 Å². The van der Waals surface area contributed by atoms with Crippen LogP contribution in [0.5, 0.6) is 0 Å². The van der Waals surface area contributed by atoms with Gasteiger partial charge in [-0.1, -0.05) is 31.2 Å². The van der Waals surface area contributed by atoms with Gasteiger partial charge in [0.25, 0.3) is 0 Å². The van der Waals surface area contributed by atoms with Crippen molar-refractivity contribution in [3.05, 3.63) is 35.4 Å². The van der Waals surface area contributed by atoms with Crippen LogP contribution in [0.4, 0.5) is 0 Å². The van der Waals surface area contributed by atoms with Gasteiger partial charge in [-0.25, -0.2) is 0 Å². The van der Waals surface area contributed by atoms with E-state index in [1.54, 1.807) is 0 Å². The molecule has 1 aromatic rings. The molecule has 1 aliphatic rings. The van der Waals surface area contributed by atoms with Gasteiger partial charge in [-0.05, 0) is 37.8 Å². The van der Waals surface area contributed by atoms with Crippen LogP contribution in [-0.4, -0.2) is 43.1 Å². The maximum Gasteiger partial charge on any atom is 0.191 e. The second kappa shape index (κ2) is 9.47. The third kappa shape index (κ3) is 5.64. The lowest BCUT2D eigenvalue weighted by atomic mass is 9.94. The van der Waals surface area contributed by atoms with Gasteiger partial charge in [0.2, 0.25) is 0 Å². The van der Waals surface area contributed by atoms with Crippen LogP contribution in [-0.2, 0) is 13.0 Å². The van der Waals surface area contributed by atoms with E-state index in [1.807, 2.05) is 7.05 Å². The lowest BCUT2D eigenvalue weighted by Gasteiger charge is -2.42. The summed E-state index contributed by atoms with van der Waals surface area (Å²) < 4.78 is 0. The standard InChI is InChI=1S/C18H30N4.HI/c1-5-11-20-17(19-4)21-14-18(2,3)22-12-10-15-8-6-7-9-16(15)13-22;/h6-9H,5,10-14H2,1-4H3,(H2,19,20,21);1H. The van der Waals surface area contributed by atoms with Crippen molar-refractivity contribution in [1.82, 2.24) is 15.5 Å². The molecule has 0 bridgehead atoms. The van der Waals surface area contributed by atoms with Gasteiger partial charge in [-0.3, -0.25) is 9.89 Å². The Morgan fingerprint density at radius 2 is 1.91 bits per heavy atom. The van der Waals surface area contributed by atoms with Crippen molar-refractivity contribution in [2.75, 3.05) is 26.7 Å². The van der Waals surface area contributed by atoms with Gasteiger partial charge in [-0.2, -0.15) is 0 Å². The minimum atomic E-state index is 0. The molecule has 2 rings (SSSR count). The van der Waals surface area contributed by atoms with E-state index < -0.39 is 0 Å². The predicted molar refractivity (Wildman–Crippen MR) is 110 cm³/mol. The number of rotatable bonds is 5. The van der Waals surface area contributed by atoms with Crippen molar-refractivity contribution >= 4 is 29.9 Å². The number of benzene rings is 1. The van der Waals surface area contributed by atoms with E-state index in [4.69, 9.17) is 0 Å². The number of halogens is 1. The molecule has 0 atom stereocenters. The first-order valence-corrected chi connectivity index (χ1v) is 8.33. The molecule has 0 aliphatic carbocycles. The van der Waals surface area contributed by atoms with E-state index in [2.05, 4.69) is 65.6 Å². The highest BCUT2D eigenvalue weighted by Crippen LogP contribution is 2.24. The molecule has 0 radical (unpaired) electrons. The monoisotopic (exact) mass is 430 g/mol. The molecule has 23 heavy (non-hydrogen) atoms. The number of hydrogen-bond acceptors (Lipinski definition) is 2. The predicted octanol–water partition coefficient (Wildman–Crippen LogP) is 3.02. The third-order valence-corrected chi connectivity index (χ3v) is 4.44. The van der Waals surface area contributed by atoms with Crippen LogP contribution in [0.3, 0.4) is 0 Å². The Kier molecular flexibility index (Phi) is 8.33. The zero-order chi connectivity index (χ0) is 16.0. The molecule has 1 aromatic carbocycles. The third-order valence-electron chi connectivity index (χ3n) is 4.44. The van der Waals surface area contributed by atoms with Gasteiger partial charge < -0.3 is 10.6 Å². The SMILES string of the molecule is CCCNC(=NC)NCC(C)(C)N1CCc2ccccc2C1.I. The van der Waals surface area contributed by atoms with Gasteiger partial charge in [-0.15, -0.1) is 24.0 Å². The molecule has 0 amide bonds. The second-order valence-electron chi connectivity index (χ2n) is 6.61. The molecule has 1 aliphatic heterocycles. The normalized spacial score (nSPS) is 15.6. The van der Waals surface area contributed by atoms with Crippen LogP contribution in [0.15, 0.2) is 29.3 Å². The summed E-state index contributed by atoms with van der Waals surface area (Å²) >= 11 is 0. The maximum atomic E-state index is 4.29. The molecule has 5 heteroatoms. The van der Waals surface area contributed by atoms with Crippen molar-refractivity contribution in [3.8, 4) is 0 Å². The highest BCUT2D eigenvalue weighted by molar-refractivity contribution is 14.0. The first-order chi connectivity index (χ1) is 10.6. The zero-order valence-corrected chi connectivity index (χ0v) is 17.2. The number of nitrogens with one attached hydrogen (secondary N) is 2. The van der Waals surface area contributed by atoms with E-state index in [0.29, 0.717) is 0 Å². The average molecular weight is 430 g/mol. The van der Waals surface area contributed by atoms with E-state index in [1.165, 1.54) is 11.1 Å². The molecule has 4 nitrogen and oxygen atoms in total. The summed E-state index contributed by atoms with van der Waals surface area (Å²) in [4.78, 5) is 6.85. The van der Waals surface area contributed by atoms with Gasteiger partial charge in [0.05, 0.1) is 0 Å². The lowest BCUT2D eigenvalue weighted by molar-refractivity contribution is 0.107. The Hall–Kier alpha value is -0.820. The van der Waals surface area contributed by atoms with Gasteiger partial charge >= 0.3 is 0 Å². The first kappa shape index (κ1) is 20.2. The fraction of sp³-hybridized carbons (Fsp3) is 0.611. The van der Waals surface area contributed by atoms with Crippen LogP contribution in [0.2, 0.25) is 0 Å². The summed E-state index contributed by atoms with van der Waals surface area (Å²) in [7, 11) is 1.83. The molecule has 130 valence electrons. The lowest BCUT2D eigenvalue weighted by Crippen LogP contribution is -2.54. The molecular formula is C18H31IN4. The summed E-state index contributed by atoms with van der Waals surface area (Å²) in [5.41, 5.74) is 3.07. The van der Waals surface area contributed by atoms with E-state index in [-0.39, 0.29) is 29.5 Å². The molecule has 0 unspecified atom stereocenters. The minimum absolute atomic E-state index is 0. The van der Waals surface area contributed by atoms with Crippen LogP contribution in [0.1, 0.15) is 38.3 Å². The Morgan fingerprint density at radius 3 is 2.57 bits per heavy atom. The smallest absolute Gasteiger partial charge is 0.191 e. The highest BCUT2D eigenvalue weighted by atomic mass is 127. The summed E-state index contributed by atoms with van der Waals surface area (Å²) in [5.74, 6) is 0.896. The number of fused-ring (bicyclic) bond motifs is 1. The fourth-order valence-electron chi connectivity index (χ4n) is 2.89. The molecule has 1 heterocycles. The Balaban J connectivity index is 0.00000264. The highest BCUT2D eigenvalue weighted by Gasteiger charge is 2.29. The number of hydrogen-bond donors (Lipinski definition) is 2. The quantitative estimate of drug-likeness (QED) is 0.429. The largest absolute Gasteiger partial charge is 0.356 e. The molecule has 0 fully saturated rings. The summed E-state index contributed by atoms with van der Waals surface area (Å²) in [5, 5.41) is 6.79. The Morgan fingerprint density at radius 1 is 1.22 bits per heavy atom. The Bertz CT molecular complexity index is 513. The maximum absolute atomic E-state index is 4.29. The van der Waals surface area contributed by atoms with E-state index >= 15 is 0 Å². The molecule has 0 saturated carbocycles. The summed E-state index contributed by atoms with van der Waals surface area (Å²) in [6.07, 6.45) is 2.25. The second-order valence-corrected chi connectivity index (χ2v) is 6.61. The summed E-state index contributed by atoms with van der Waals surface area (Å²) in [6.45, 7) is 10.8. The molecule has 2 N–H and O–H groups in total. The average Bonchev–Trinajstić information content (AvgIpc) is 2.54. The number of aliphatic imine (C=N–C) groups is 1. The Labute approximate surface area is 158 Å². The zero-order valence-electron chi connectivity index (χ0n) is 14.9. The summed E-state index contributed by atoms with van der Waals surface area (Å²) in [6, 6.07) is 8.80. The van der Waals surface area contributed by atoms with Crippen LogP contribution >= 0.6 is 24.0 Å².